The van der Waals surface area contributed by atoms with Crippen LogP contribution in [0.4, 0.5) is 11.4 Å². The lowest BCUT2D eigenvalue weighted by Gasteiger charge is -2.19. The molecule has 5 heteroatoms. The molecule has 100 valence electrons. The summed E-state index contributed by atoms with van der Waals surface area (Å²) in [5.41, 5.74) is 7.70. The highest BCUT2D eigenvalue weighted by atomic mass is 79.9. The molecular formula is C15H12BrN3O. The van der Waals surface area contributed by atoms with Crippen molar-refractivity contribution in [3.63, 3.8) is 0 Å². The van der Waals surface area contributed by atoms with E-state index in [9.17, 15) is 4.79 Å². The zero-order valence-corrected chi connectivity index (χ0v) is 12.4. The number of amides is 1. The Labute approximate surface area is 125 Å². The van der Waals surface area contributed by atoms with Gasteiger partial charge in [-0.2, -0.15) is 5.26 Å². The highest BCUT2D eigenvalue weighted by molar-refractivity contribution is 9.10. The molecule has 0 saturated carbocycles. The number of para-hydroxylation sites is 1. The normalized spacial score (nSPS) is 9.85. The second-order valence-electron chi connectivity index (χ2n) is 4.23. The van der Waals surface area contributed by atoms with Crippen molar-refractivity contribution in [1.29, 1.82) is 5.26 Å². The molecule has 4 nitrogen and oxygen atoms in total. The van der Waals surface area contributed by atoms with Crippen molar-refractivity contribution < 1.29 is 4.79 Å². The average Bonchev–Trinajstić information content (AvgIpc) is 2.48. The zero-order valence-electron chi connectivity index (χ0n) is 10.8. The van der Waals surface area contributed by atoms with E-state index in [0.717, 1.165) is 0 Å². The summed E-state index contributed by atoms with van der Waals surface area (Å²) in [5.74, 6) is -0.230. The summed E-state index contributed by atoms with van der Waals surface area (Å²) in [5, 5.41) is 9.10. The maximum Gasteiger partial charge on any atom is 0.259 e. The number of nitrogen functional groups attached to an aromatic ring is 1. The number of benzene rings is 2. The highest BCUT2D eigenvalue weighted by Gasteiger charge is 2.18. The van der Waals surface area contributed by atoms with Crippen LogP contribution in [-0.2, 0) is 0 Å². The van der Waals surface area contributed by atoms with Crippen molar-refractivity contribution in [3.05, 3.63) is 58.1 Å². The van der Waals surface area contributed by atoms with Gasteiger partial charge in [-0.15, -0.1) is 0 Å². The van der Waals surface area contributed by atoms with E-state index in [1.165, 1.54) is 4.90 Å². The Bertz CT molecular complexity index is 707. The maximum absolute atomic E-state index is 12.5. The number of carbonyl (C=O) groups is 1. The summed E-state index contributed by atoms with van der Waals surface area (Å²) in [6, 6.07) is 14.1. The number of nitrogens with zero attached hydrogens (tertiary/aromatic N) is 2. The van der Waals surface area contributed by atoms with Crippen LogP contribution in [-0.4, -0.2) is 13.0 Å². The summed E-state index contributed by atoms with van der Waals surface area (Å²) in [7, 11) is 1.63. The molecule has 0 aliphatic rings. The smallest absolute Gasteiger partial charge is 0.259 e. The zero-order chi connectivity index (χ0) is 14.7. The monoisotopic (exact) mass is 329 g/mol. The van der Waals surface area contributed by atoms with E-state index in [1.54, 1.807) is 49.5 Å². The molecule has 0 aromatic heterocycles. The molecule has 0 fully saturated rings. The van der Waals surface area contributed by atoms with Crippen LogP contribution >= 0.6 is 15.9 Å². The number of rotatable bonds is 2. The fourth-order valence-corrected chi connectivity index (χ4v) is 2.27. The molecule has 2 N–H and O–H groups in total. The van der Waals surface area contributed by atoms with Crippen LogP contribution in [0, 0.1) is 11.3 Å². The Balaban J connectivity index is 2.43. The van der Waals surface area contributed by atoms with Crippen LogP contribution in [0.2, 0.25) is 0 Å². The van der Waals surface area contributed by atoms with Crippen molar-refractivity contribution in [2.75, 3.05) is 17.7 Å². The quantitative estimate of drug-likeness (QED) is 0.860. The molecule has 0 saturated heterocycles. The summed E-state index contributed by atoms with van der Waals surface area (Å²) in [6.45, 7) is 0. The number of hydrogen-bond donors (Lipinski definition) is 1. The van der Waals surface area contributed by atoms with Crippen LogP contribution in [0.5, 0.6) is 0 Å². The Morgan fingerprint density at radius 2 is 2.00 bits per heavy atom. The van der Waals surface area contributed by atoms with Crippen molar-refractivity contribution in [2.45, 2.75) is 0 Å². The molecule has 0 heterocycles. The van der Waals surface area contributed by atoms with Gasteiger partial charge in [0.2, 0.25) is 0 Å². The summed E-state index contributed by atoms with van der Waals surface area (Å²) in [6.07, 6.45) is 0. The number of hydrogen-bond acceptors (Lipinski definition) is 3. The van der Waals surface area contributed by atoms with Crippen LogP contribution in [0.1, 0.15) is 15.9 Å². The third-order valence-corrected chi connectivity index (χ3v) is 3.60. The topological polar surface area (TPSA) is 70.1 Å². The van der Waals surface area contributed by atoms with Crippen molar-refractivity contribution in [1.82, 2.24) is 0 Å². The van der Waals surface area contributed by atoms with Gasteiger partial charge in [0.1, 0.15) is 6.07 Å². The van der Waals surface area contributed by atoms with Crippen molar-refractivity contribution in [3.8, 4) is 6.07 Å². The minimum Gasteiger partial charge on any atom is -0.399 e. The Kier molecular flexibility index (Phi) is 4.06. The lowest BCUT2D eigenvalue weighted by molar-refractivity contribution is 0.0992. The Hall–Kier alpha value is -2.32. The molecule has 0 bridgehead atoms. The number of anilines is 2. The molecule has 0 aliphatic carbocycles. The first-order valence-electron chi connectivity index (χ1n) is 5.87. The van der Waals surface area contributed by atoms with Crippen LogP contribution in [0.3, 0.4) is 0 Å². The molecule has 2 aromatic rings. The Morgan fingerprint density at radius 3 is 2.70 bits per heavy atom. The fraction of sp³-hybridized carbons (Fsp3) is 0.0667. The molecule has 0 atom stereocenters. The fourth-order valence-electron chi connectivity index (χ4n) is 1.86. The summed E-state index contributed by atoms with van der Waals surface area (Å²) >= 11 is 3.34. The van der Waals surface area contributed by atoms with E-state index < -0.39 is 0 Å². The van der Waals surface area contributed by atoms with Gasteiger partial charge in [0.05, 0.1) is 16.8 Å². The van der Waals surface area contributed by atoms with Gasteiger partial charge in [-0.05, 0) is 46.3 Å². The van der Waals surface area contributed by atoms with E-state index >= 15 is 0 Å². The van der Waals surface area contributed by atoms with Crippen LogP contribution in [0.25, 0.3) is 0 Å². The minimum absolute atomic E-state index is 0.230. The van der Waals surface area contributed by atoms with E-state index in [4.69, 9.17) is 11.0 Å². The Morgan fingerprint density at radius 1 is 1.30 bits per heavy atom. The number of halogens is 1. The third kappa shape index (κ3) is 2.65. The second-order valence-corrected chi connectivity index (χ2v) is 5.09. The summed E-state index contributed by atoms with van der Waals surface area (Å²) < 4.78 is 0.665. The first-order chi connectivity index (χ1) is 9.54. The molecule has 0 unspecified atom stereocenters. The van der Waals surface area contributed by atoms with Crippen molar-refractivity contribution >= 4 is 33.2 Å². The SMILES string of the molecule is CN(C(=O)c1cc(N)ccc1Br)c1ccccc1C#N. The number of nitriles is 1. The van der Waals surface area contributed by atoms with E-state index in [1.807, 2.05) is 0 Å². The predicted molar refractivity (Wildman–Crippen MR) is 82.4 cm³/mol. The minimum atomic E-state index is -0.230. The van der Waals surface area contributed by atoms with Crippen LogP contribution < -0.4 is 10.6 Å². The number of nitrogens with two attached hydrogens (primary N) is 1. The van der Waals surface area contributed by atoms with Gasteiger partial charge in [0.15, 0.2) is 0 Å². The molecule has 1 amide bonds. The van der Waals surface area contributed by atoms with E-state index in [0.29, 0.717) is 27.0 Å². The standard InChI is InChI=1S/C15H12BrN3O/c1-19(14-5-3-2-4-10(14)9-17)15(20)12-8-11(18)6-7-13(12)16/h2-8H,18H2,1H3. The largest absolute Gasteiger partial charge is 0.399 e. The first kappa shape index (κ1) is 14.1. The lowest BCUT2D eigenvalue weighted by Crippen LogP contribution is -2.27. The molecule has 0 radical (unpaired) electrons. The average molecular weight is 330 g/mol. The first-order valence-corrected chi connectivity index (χ1v) is 6.66. The van der Waals surface area contributed by atoms with Gasteiger partial charge in [0, 0.05) is 17.2 Å². The molecule has 2 rings (SSSR count). The molecular weight excluding hydrogens is 318 g/mol. The van der Waals surface area contributed by atoms with Crippen molar-refractivity contribution in [2.24, 2.45) is 0 Å². The molecule has 20 heavy (non-hydrogen) atoms. The third-order valence-electron chi connectivity index (χ3n) is 2.91. The lowest BCUT2D eigenvalue weighted by atomic mass is 10.1. The maximum atomic E-state index is 12.5. The summed E-state index contributed by atoms with van der Waals surface area (Å²) in [4.78, 5) is 14.0. The van der Waals surface area contributed by atoms with E-state index in [-0.39, 0.29) is 5.91 Å². The van der Waals surface area contributed by atoms with Gasteiger partial charge in [-0.3, -0.25) is 4.79 Å². The van der Waals surface area contributed by atoms with E-state index in [2.05, 4.69) is 22.0 Å². The van der Waals surface area contributed by atoms with Crippen LogP contribution in [0.15, 0.2) is 46.9 Å². The van der Waals surface area contributed by atoms with Gasteiger partial charge in [-0.25, -0.2) is 0 Å². The van der Waals surface area contributed by atoms with Gasteiger partial charge in [-0.1, -0.05) is 12.1 Å². The highest BCUT2D eigenvalue weighted by Crippen LogP contribution is 2.25. The van der Waals surface area contributed by atoms with Gasteiger partial charge >= 0.3 is 0 Å². The molecule has 0 aliphatic heterocycles. The second kappa shape index (κ2) is 5.76. The predicted octanol–water partition coefficient (Wildman–Crippen LogP) is 3.18. The van der Waals surface area contributed by atoms with Gasteiger partial charge in [0.25, 0.3) is 5.91 Å². The van der Waals surface area contributed by atoms with Gasteiger partial charge < -0.3 is 10.6 Å². The molecule has 2 aromatic carbocycles. The number of carbonyl (C=O) groups excluding carboxylic acids is 1. The molecule has 0 spiro atoms.